The summed E-state index contributed by atoms with van der Waals surface area (Å²) in [5, 5.41) is 5.78. The second-order valence-electron chi connectivity index (χ2n) is 8.02. The molecule has 1 saturated carbocycles. The van der Waals surface area contributed by atoms with E-state index in [4.69, 9.17) is 4.42 Å². The lowest BCUT2D eigenvalue weighted by molar-refractivity contribution is 0.0905. The highest BCUT2D eigenvalue weighted by Gasteiger charge is 2.28. The van der Waals surface area contributed by atoms with Crippen molar-refractivity contribution in [1.82, 2.24) is 5.32 Å². The summed E-state index contributed by atoms with van der Waals surface area (Å²) in [7, 11) is 0. The first-order valence-corrected chi connectivity index (χ1v) is 10.2. The molecule has 1 fully saturated rings. The van der Waals surface area contributed by atoms with Crippen LogP contribution in [-0.2, 0) is 19.3 Å². The average molecular weight is 359 g/mol. The van der Waals surface area contributed by atoms with Crippen LogP contribution in [0.2, 0.25) is 0 Å². The molecule has 27 heavy (non-hydrogen) atoms. The van der Waals surface area contributed by atoms with Gasteiger partial charge in [0.2, 0.25) is 0 Å². The van der Waals surface area contributed by atoms with Crippen LogP contribution in [0.1, 0.15) is 52.9 Å². The van der Waals surface area contributed by atoms with E-state index >= 15 is 0 Å². The van der Waals surface area contributed by atoms with Crippen molar-refractivity contribution in [2.75, 3.05) is 0 Å². The standard InChI is InChI=1S/C24H25NO2/c26-24(21-13-12-17-11-10-16-6-3-8-20(21)23(16)17)25-22-9-2-1-5-18(22)15-19-7-4-14-27-19/h3-4,6-8,12-14,18,22H,1-2,5,9-11,15H2,(H,25,26)/t18-,22-/m1/s1. The van der Waals surface area contributed by atoms with Gasteiger partial charge in [-0.15, -0.1) is 0 Å². The van der Waals surface area contributed by atoms with Gasteiger partial charge in [-0.1, -0.05) is 37.1 Å². The average Bonchev–Trinajstić information content (AvgIpc) is 3.35. The minimum absolute atomic E-state index is 0.0712. The first-order valence-electron chi connectivity index (χ1n) is 10.2. The summed E-state index contributed by atoms with van der Waals surface area (Å²) >= 11 is 0. The zero-order valence-electron chi connectivity index (χ0n) is 15.5. The minimum Gasteiger partial charge on any atom is -0.469 e. The maximum Gasteiger partial charge on any atom is 0.252 e. The van der Waals surface area contributed by atoms with Crippen molar-refractivity contribution in [2.24, 2.45) is 5.92 Å². The highest BCUT2D eigenvalue weighted by atomic mass is 16.3. The zero-order valence-corrected chi connectivity index (χ0v) is 15.5. The molecule has 1 N–H and O–H groups in total. The molecule has 3 heteroatoms. The largest absolute Gasteiger partial charge is 0.469 e. The highest BCUT2D eigenvalue weighted by molar-refractivity contribution is 6.09. The summed E-state index contributed by atoms with van der Waals surface area (Å²) in [6, 6.07) is 14.8. The van der Waals surface area contributed by atoms with E-state index in [0.29, 0.717) is 5.92 Å². The Kier molecular flexibility index (Phi) is 4.23. The number of nitrogens with one attached hydrogen (secondary N) is 1. The quantitative estimate of drug-likeness (QED) is 0.707. The number of hydrogen-bond acceptors (Lipinski definition) is 2. The van der Waals surface area contributed by atoms with Gasteiger partial charge in [0.15, 0.2) is 0 Å². The molecule has 0 aliphatic heterocycles. The summed E-state index contributed by atoms with van der Waals surface area (Å²) in [6.45, 7) is 0. The zero-order chi connectivity index (χ0) is 18.2. The Morgan fingerprint density at radius 2 is 1.85 bits per heavy atom. The van der Waals surface area contributed by atoms with E-state index in [9.17, 15) is 4.79 Å². The fourth-order valence-electron chi connectivity index (χ4n) is 5.02. The van der Waals surface area contributed by atoms with Crippen LogP contribution in [0.4, 0.5) is 0 Å². The minimum atomic E-state index is 0.0712. The Labute approximate surface area is 159 Å². The van der Waals surface area contributed by atoms with E-state index in [-0.39, 0.29) is 11.9 Å². The van der Waals surface area contributed by atoms with Crippen molar-refractivity contribution in [3.63, 3.8) is 0 Å². The number of rotatable bonds is 4. The first-order chi connectivity index (χ1) is 13.3. The van der Waals surface area contributed by atoms with Gasteiger partial charge in [-0.05, 0) is 71.7 Å². The maximum atomic E-state index is 13.2. The second-order valence-corrected chi connectivity index (χ2v) is 8.02. The molecule has 2 aliphatic rings. The van der Waals surface area contributed by atoms with Crippen LogP contribution in [0, 0.1) is 5.92 Å². The van der Waals surface area contributed by atoms with Crippen molar-refractivity contribution < 1.29 is 9.21 Å². The van der Waals surface area contributed by atoms with Crippen molar-refractivity contribution >= 4 is 16.7 Å². The molecule has 0 spiro atoms. The monoisotopic (exact) mass is 359 g/mol. The lowest BCUT2D eigenvalue weighted by atomic mass is 9.81. The molecule has 2 aliphatic carbocycles. The van der Waals surface area contributed by atoms with Gasteiger partial charge in [-0.2, -0.15) is 0 Å². The number of carbonyl (C=O) groups is 1. The van der Waals surface area contributed by atoms with E-state index in [2.05, 4.69) is 29.6 Å². The smallest absolute Gasteiger partial charge is 0.252 e. The predicted molar refractivity (Wildman–Crippen MR) is 107 cm³/mol. The number of benzene rings is 2. The van der Waals surface area contributed by atoms with Gasteiger partial charge >= 0.3 is 0 Å². The first kappa shape index (κ1) is 16.6. The van der Waals surface area contributed by atoms with Gasteiger partial charge in [0, 0.05) is 18.0 Å². The Balaban J connectivity index is 1.40. The van der Waals surface area contributed by atoms with E-state index < -0.39 is 0 Å². The van der Waals surface area contributed by atoms with Crippen LogP contribution >= 0.6 is 0 Å². The van der Waals surface area contributed by atoms with Gasteiger partial charge < -0.3 is 9.73 Å². The van der Waals surface area contributed by atoms with Gasteiger partial charge in [0.25, 0.3) is 5.91 Å². The molecule has 0 saturated heterocycles. The highest BCUT2D eigenvalue weighted by Crippen LogP contribution is 2.33. The van der Waals surface area contributed by atoms with Gasteiger partial charge in [-0.25, -0.2) is 0 Å². The lowest BCUT2D eigenvalue weighted by Gasteiger charge is -2.32. The third-order valence-electron chi connectivity index (χ3n) is 6.39. The summed E-state index contributed by atoms with van der Waals surface area (Å²) in [5.74, 6) is 1.54. The Morgan fingerprint density at radius 1 is 1.00 bits per heavy atom. The fourth-order valence-corrected chi connectivity index (χ4v) is 5.02. The predicted octanol–water partition coefficient (Wildman–Crippen LogP) is 5.06. The number of hydrogen-bond donors (Lipinski definition) is 1. The molecular weight excluding hydrogens is 334 g/mol. The van der Waals surface area contributed by atoms with Crippen LogP contribution in [0.15, 0.2) is 53.1 Å². The van der Waals surface area contributed by atoms with E-state index in [1.165, 1.54) is 29.4 Å². The number of furan rings is 1. The molecule has 2 aromatic carbocycles. The summed E-state index contributed by atoms with van der Waals surface area (Å²) < 4.78 is 5.55. The van der Waals surface area contributed by atoms with E-state index in [1.807, 2.05) is 18.2 Å². The van der Waals surface area contributed by atoms with E-state index in [0.717, 1.165) is 48.8 Å². The molecule has 0 bridgehead atoms. The number of aryl methyl sites for hydroxylation is 2. The van der Waals surface area contributed by atoms with Crippen LogP contribution in [0.25, 0.3) is 10.8 Å². The topological polar surface area (TPSA) is 42.2 Å². The molecule has 3 aromatic rings. The Morgan fingerprint density at radius 3 is 2.70 bits per heavy atom. The Bertz CT molecular complexity index is 963. The molecule has 1 amide bonds. The molecule has 5 rings (SSSR count). The molecule has 3 nitrogen and oxygen atoms in total. The fraction of sp³-hybridized carbons (Fsp3) is 0.375. The third kappa shape index (κ3) is 3.05. The molecule has 1 heterocycles. The molecule has 0 unspecified atom stereocenters. The van der Waals surface area contributed by atoms with Crippen LogP contribution in [0.3, 0.4) is 0 Å². The van der Waals surface area contributed by atoms with Gasteiger partial charge in [-0.3, -0.25) is 4.79 Å². The lowest BCUT2D eigenvalue weighted by Crippen LogP contribution is -2.43. The normalized spacial score (nSPS) is 21.5. The molecule has 1 aromatic heterocycles. The summed E-state index contributed by atoms with van der Waals surface area (Å²) in [5.41, 5.74) is 3.58. The summed E-state index contributed by atoms with van der Waals surface area (Å²) in [6.07, 6.45) is 9.44. The second kappa shape index (κ2) is 6.88. The number of amides is 1. The van der Waals surface area contributed by atoms with Crippen LogP contribution < -0.4 is 5.32 Å². The SMILES string of the molecule is O=C(N[C@@H]1CCCC[C@@H]1Cc1ccco1)c1ccc2c3c(cccc13)CC2. The van der Waals surface area contributed by atoms with Crippen molar-refractivity contribution in [1.29, 1.82) is 0 Å². The number of carbonyl (C=O) groups excluding carboxylic acids is 1. The van der Waals surface area contributed by atoms with Crippen LogP contribution in [0.5, 0.6) is 0 Å². The van der Waals surface area contributed by atoms with Crippen LogP contribution in [-0.4, -0.2) is 11.9 Å². The molecule has 0 radical (unpaired) electrons. The third-order valence-corrected chi connectivity index (χ3v) is 6.39. The molecule has 2 atom stereocenters. The Hall–Kier alpha value is -2.55. The van der Waals surface area contributed by atoms with Crippen molar-refractivity contribution in [3.8, 4) is 0 Å². The van der Waals surface area contributed by atoms with Crippen molar-refractivity contribution in [2.45, 2.75) is 51.0 Å². The van der Waals surface area contributed by atoms with Crippen molar-refractivity contribution in [3.05, 3.63) is 71.2 Å². The van der Waals surface area contributed by atoms with E-state index in [1.54, 1.807) is 6.26 Å². The molecular formula is C24H25NO2. The van der Waals surface area contributed by atoms with Gasteiger partial charge in [0.1, 0.15) is 5.76 Å². The molecule has 138 valence electrons. The van der Waals surface area contributed by atoms with Gasteiger partial charge in [0.05, 0.1) is 6.26 Å². The summed E-state index contributed by atoms with van der Waals surface area (Å²) in [4.78, 5) is 13.2. The maximum absolute atomic E-state index is 13.2.